The van der Waals surface area contributed by atoms with Crippen LogP contribution in [0.15, 0.2) is 0 Å². The minimum Gasteiger partial charge on any atom is -0.353 e. The maximum absolute atomic E-state index is 11.5. The van der Waals surface area contributed by atoms with Crippen molar-refractivity contribution in [1.29, 1.82) is 0 Å². The summed E-state index contributed by atoms with van der Waals surface area (Å²) in [4.78, 5) is 11.5. The summed E-state index contributed by atoms with van der Waals surface area (Å²) in [6, 6.07) is 0.886. The zero-order chi connectivity index (χ0) is 11.3. The molecule has 0 aliphatic heterocycles. The fourth-order valence-corrected chi connectivity index (χ4v) is 2.14. The average Bonchev–Trinajstić information content (AvgIpc) is 2.11. The molecule has 1 amide bonds. The molecule has 1 saturated carbocycles. The van der Waals surface area contributed by atoms with Crippen molar-refractivity contribution in [3.05, 3.63) is 0 Å². The third-order valence-corrected chi connectivity index (χ3v) is 3.05. The van der Waals surface area contributed by atoms with Crippen molar-refractivity contribution in [2.45, 2.75) is 58.5 Å². The largest absolute Gasteiger partial charge is 0.353 e. The molecule has 0 aromatic carbocycles. The Labute approximate surface area is 93.0 Å². The van der Waals surface area contributed by atoms with E-state index in [-0.39, 0.29) is 5.91 Å². The van der Waals surface area contributed by atoms with Gasteiger partial charge in [0.15, 0.2) is 0 Å². The van der Waals surface area contributed by atoms with Crippen molar-refractivity contribution in [2.24, 2.45) is 5.92 Å². The summed E-state index contributed by atoms with van der Waals surface area (Å²) in [7, 11) is 0. The summed E-state index contributed by atoms with van der Waals surface area (Å²) in [6.45, 7) is 6.93. The van der Waals surface area contributed by atoms with Gasteiger partial charge in [-0.25, -0.2) is 0 Å². The Hall–Kier alpha value is -0.570. The number of carbonyl (C=O) groups excluding carboxylic acids is 1. The summed E-state index contributed by atoms with van der Waals surface area (Å²) in [5, 5.41) is 6.28. The number of rotatable bonds is 6. The lowest BCUT2D eigenvalue weighted by Crippen LogP contribution is -2.46. The van der Waals surface area contributed by atoms with E-state index in [9.17, 15) is 4.79 Å². The van der Waals surface area contributed by atoms with E-state index in [2.05, 4.69) is 31.4 Å². The topological polar surface area (TPSA) is 41.1 Å². The quantitative estimate of drug-likeness (QED) is 0.703. The van der Waals surface area contributed by atoms with Gasteiger partial charge >= 0.3 is 0 Å². The molecule has 15 heavy (non-hydrogen) atoms. The van der Waals surface area contributed by atoms with E-state index in [1.165, 1.54) is 12.8 Å². The van der Waals surface area contributed by atoms with Gasteiger partial charge in [0.2, 0.25) is 5.91 Å². The van der Waals surface area contributed by atoms with E-state index in [4.69, 9.17) is 0 Å². The highest BCUT2D eigenvalue weighted by Crippen LogP contribution is 2.25. The number of nitrogens with one attached hydrogen (secondary N) is 2. The van der Waals surface area contributed by atoms with Gasteiger partial charge in [0.1, 0.15) is 0 Å². The number of amides is 1. The third kappa shape index (κ3) is 4.65. The molecule has 88 valence electrons. The van der Waals surface area contributed by atoms with Crippen LogP contribution in [-0.4, -0.2) is 24.5 Å². The first kappa shape index (κ1) is 12.5. The summed E-state index contributed by atoms with van der Waals surface area (Å²) >= 11 is 0. The van der Waals surface area contributed by atoms with Crippen LogP contribution in [0.4, 0.5) is 0 Å². The summed E-state index contributed by atoms with van der Waals surface area (Å²) in [6.07, 6.45) is 4.62. The van der Waals surface area contributed by atoms with Crippen LogP contribution in [0.5, 0.6) is 0 Å². The van der Waals surface area contributed by atoms with Gasteiger partial charge in [-0.2, -0.15) is 0 Å². The van der Waals surface area contributed by atoms with Crippen LogP contribution in [-0.2, 0) is 4.79 Å². The van der Waals surface area contributed by atoms with Crippen LogP contribution in [0.2, 0.25) is 0 Å². The molecule has 1 rings (SSSR count). The molecular formula is C12H24N2O. The first-order chi connectivity index (χ1) is 7.11. The van der Waals surface area contributed by atoms with E-state index in [1.807, 2.05) is 0 Å². The smallest absolute Gasteiger partial charge is 0.234 e. The maximum atomic E-state index is 11.5. The first-order valence-electron chi connectivity index (χ1n) is 6.14. The normalized spacial score (nSPS) is 26.9. The van der Waals surface area contributed by atoms with E-state index >= 15 is 0 Å². The van der Waals surface area contributed by atoms with Crippen molar-refractivity contribution in [3.63, 3.8) is 0 Å². The predicted octanol–water partition coefficient (Wildman–Crippen LogP) is 1.68. The summed E-state index contributed by atoms with van der Waals surface area (Å²) in [5.74, 6) is 0.972. The van der Waals surface area contributed by atoms with E-state index < -0.39 is 0 Å². The second kappa shape index (κ2) is 6.11. The highest BCUT2D eigenvalue weighted by atomic mass is 16.1. The minimum absolute atomic E-state index is 0.135. The molecule has 0 saturated heterocycles. The zero-order valence-corrected chi connectivity index (χ0v) is 10.2. The lowest BCUT2D eigenvalue weighted by molar-refractivity contribution is -0.121. The van der Waals surface area contributed by atoms with Crippen LogP contribution >= 0.6 is 0 Å². The molecule has 0 aromatic rings. The molecule has 1 fully saturated rings. The van der Waals surface area contributed by atoms with Gasteiger partial charge in [0, 0.05) is 12.1 Å². The van der Waals surface area contributed by atoms with Gasteiger partial charge < -0.3 is 10.6 Å². The maximum Gasteiger partial charge on any atom is 0.234 e. The van der Waals surface area contributed by atoms with Crippen molar-refractivity contribution < 1.29 is 4.79 Å². The summed E-state index contributed by atoms with van der Waals surface area (Å²) in [5.41, 5.74) is 0. The fourth-order valence-electron chi connectivity index (χ4n) is 2.14. The Morgan fingerprint density at radius 2 is 2.13 bits per heavy atom. The molecule has 1 aliphatic carbocycles. The Morgan fingerprint density at radius 1 is 1.47 bits per heavy atom. The third-order valence-electron chi connectivity index (χ3n) is 3.05. The molecule has 1 aliphatic rings. The van der Waals surface area contributed by atoms with Crippen molar-refractivity contribution >= 4 is 5.91 Å². The molecule has 2 N–H and O–H groups in total. The van der Waals surface area contributed by atoms with Crippen LogP contribution in [0.25, 0.3) is 0 Å². The van der Waals surface area contributed by atoms with Gasteiger partial charge in [0.25, 0.3) is 0 Å². The van der Waals surface area contributed by atoms with Gasteiger partial charge in [-0.15, -0.1) is 0 Å². The van der Waals surface area contributed by atoms with Crippen LogP contribution in [0, 0.1) is 5.92 Å². The van der Waals surface area contributed by atoms with E-state index in [0.29, 0.717) is 18.6 Å². The Kier molecular flexibility index (Phi) is 5.09. The molecule has 0 radical (unpaired) electrons. The first-order valence-corrected chi connectivity index (χ1v) is 6.14. The van der Waals surface area contributed by atoms with Crippen molar-refractivity contribution in [2.75, 3.05) is 6.54 Å². The molecule has 0 aromatic heterocycles. The molecule has 3 heteroatoms. The fraction of sp³-hybridized carbons (Fsp3) is 0.917. The zero-order valence-electron chi connectivity index (χ0n) is 10.2. The molecular weight excluding hydrogens is 188 g/mol. The summed E-state index contributed by atoms with van der Waals surface area (Å²) < 4.78 is 0. The monoisotopic (exact) mass is 212 g/mol. The second-order valence-electron chi connectivity index (χ2n) is 4.91. The molecule has 1 atom stereocenters. The lowest BCUT2D eigenvalue weighted by Gasteiger charge is -2.33. The van der Waals surface area contributed by atoms with Gasteiger partial charge in [-0.3, -0.25) is 4.79 Å². The molecule has 3 nitrogen and oxygen atoms in total. The van der Waals surface area contributed by atoms with E-state index in [1.54, 1.807) is 0 Å². The predicted molar refractivity (Wildman–Crippen MR) is 62.7 cm³/mol. The highest BCUT2D eigenvalue weighted by molar-refractivity contribution is 5.78. The number of hydrogen-bond donors (Lipinski definition) is 2. The Morgan fingerprint density at radius 3 is 2.67 bits per heavy atom. The van der Waals surface area contributed by atoms with Crippen molar-refractivity contribution in [1.82, 2.24) is 10.6 Å². The van der Waals surface area contributed by atoms with Gasteiger partial charge in [0.05, 0.1) is 6.54 Å². The number of hydrogen-bond acceptors (Lipinski definition) is 2. The van der Waals surface area contributed by atoms with Crippen molar-refractivity contribution in [3.8, 4) is 0 Å². The molecule has 1 unspecified atom stereocenters. The Bertz CT molecular complexity index is 200. The SMILES string of the molecule is CCCC(C)NC(=O)CNC1CC(C)C1. The van der Waals surface area contributed by atoms with E-state index in [0.717, 1.165) is 18.8 Å². The molecule has 0 spiro atoms. The van der Waals surface area contributed by atoms with Gasteiger partial charge in [-0.1, -0.05) is 20.3 Å². The van der Waals surface area contributed by atoms with Crippen LogP contribution in [0.3, 0.4) is 0 Å². The number of carbonyl (C=O) groups is 1. The molecule has 0 heterocycles. The lowest BCUT2D eigenvalue weighted by atomic mass is 9.82. The van der Waals surface area contributed by atoms with Gasteiger partial charge in [-0.05, 0) is 32.1 Å². The Balaban J connectivity index is 2.03. The minimum atomic E-state index is 0.135. The average molecular weight is 212 g/mol. The standard InChI is InChI=1S/C12H24N2O/c1-4-5-10(3)14-12(15)8-13-11-6-9(2)7-11/h9-11,13H,4-8H2,1-3H3,(H,14,15). The molecule has 0 bridgehead atoms. The second-order valence-corrected chi connectivity index (χ2v) is 4.91. The van der Waals surface area contributed by atoms with Crippen LogP contribution in [0.1, 0.15) is 46.5 Å². The highest BCUT2D eigenvalue weighted by Gasteiger charge is 2.25. The van der Waals surface area contributed by atoms with Crippen LogP contribution < -0.4 is 10.6 Å².